The number of amides is 1. The van der Waals surface area contributed by atoms with Crippen LogP contribution in [0.25, 0.3) is 11.3 Å². The smallest absolute Gasteiger partial charge is 0.266 e. The normalized spacial score (nSPS) is 20.9. The highest BCUT2D eigenvalue weighted by Gasteiger charge is 2.38. The predicted molar refractivity (Wildman–Crippen MR) is 97.5 cm³/mol. The Labute approximate surface area is 156 Å². The van der Waals surface area contributed by atoms with Crippen LogP contribution in [0.3, 0.4) is 0 Å². The first-order chi connectivity index (χ1) is 13.2. The molecule has 1 atom stereocenters. The molecular formula is C20H21N3O4. The predicted octanol–water partition coefficient (Wildman–Crippen LogP) is 2.04. The van der Waals surface area contributed by atoms with Crippen molar-refractivity contribution in [3.05, 3.63) is 40.7 Å². The zero-order chi connectivity index (χ0) is 18.4. The Hall–Kier alpha value is -2.83. The zero-order valence-electron chi connectivity index (χ0n) is 15.0. The number of benzene rings is 1. The summed E-state index contributed by atoms with van der Waals surface area (Å²) in [6.45, 7) is 1.45. The minimum absolute atomic E-state index is 0.0512. The summed E-state index contributed by atoms with van der Waals surface area (Å²) in [6, 6.07) is 8.94. The van der Waals surface area contributed by atoms with Crippen molar-refractivity contribution in [2.45, 2.75) is 38.3 Å². The Balaban J connectivity index is 1.40. The first kappa shape index (κ1) is 16.4. The van der Waals surface area contributed by atoms with E-state index in [2.05, 4.69) is 5.10 Å². The van der Waals surface area contributed by atoms with Gasteiger partial charge in [0.1, 0.15) is 0 Å². The SMILES string of the molecule is O=C(C1CC1)N1CCC[C@H]1Cn1nc(-c2ccc3c(c2)OCO3)ccc1=O. The van der Waals surface area contributed by atoms with Crippen molar-refractivity contribution in [3.63, 3.8) is 0 Å². The molecule has 0 radical (unpaired) electrons. The Bertz CT molecular complexity index is 950. The Morgan fingerprint density at radius 2 is 1.96 bits per heavy atom. The molecule has 3 aliphatic rings. The van der Waals surface area contributed by atoms with E-state index in [1.165, 1.54) is 10.7 Å². The van der Waals surface area contributed by atoms with Crippen LogP contribution < -0.4 is 15.0 Å². The first-order valence-corrected chi connectivity index (χ1v) is 9.48. The third kappa shape index (κ3) is 3.07. The van der Waals surface area contributed by atoms with Gasteiger partial charge in [-0.1, -0.05) is 0 Å². The fourth-order valence-corrected chi connectivity index (χ4v) is 3.87. The molecule has 1 saturated carbocycles. The van der Waals surface area contributed by atoms with E-state index in [0.29, 0.717) is 23.7 Å². The van der Waals surface area contributed by atoms with Crippen LogP contribution in [0.2, 0.25) is 0 Å². The number of carbonyl (C=O) groups is 1. The topological polar surface area (TPSA) is 73.7 Å². The lowest BCUT2D eigenvalue weighted by Gasteiger charge is -2.25. The first-order valence-electron chi connectivity index (χ1n) is 9.48. The minimum Gasteiger partial charge on any atom is -0.454 e. The molecule has 7 heteroatoms. The third-order valence-electron chi connectivity index (χ3n) is 5.51. The molecule has 1 saturated heterocycles. The van der Waals surface area contributed by atoms with Gasteiger partial charge in [-0.05, 0) is 49.9 Å². The molecule has 2 aromatic rings. The van der Waals surface area contributed by atoms with E-state index in [1.807, 2.05) is 23.1 Å². The van der Waals surface area contributed by atoms with E-state index >= 15 is 0 Å². The van der Waals surface area contributed by atoms with Crippen molar-refractivity contribution in [1.29, 1.82) is 0 Å². The van der Waals surface area contributed by atoms with E-state index in [9.17, 15) is 9.59 Å². The van der Waals surface area contributed by atoms with E-state index in [-0.39, 0.29) is 30.2 Å². The number of carbonyl (C=O) groups excluding carboxylic acids is 1. The Morgan fingerprint density at radius 3 is 2.81 bits per heavy atom. The van der Waals surface area contributed by atoms with Gasteiger partial charge in [0.15, 0.2) is 11.5 Å². The van der Waals surface area contributed by atoms with Crippen LogP contribution in [0.4, 0.5) is 0 Å². The van der Waals surface area contributed by atoms with Crippen LogP contribution >= 0.6 is 0 Å². The van der Waals surface area contributed by atoms with Gasteiger partial charge in [0.2, 0.25) is 12.7 Å². The monoisotopic (exact) mass is 367 g/mol. The number of nitrogens with zero attached hydrogens (tertiary/aromatic N) is 3. The van der Waals surface area contributed by atoms with Crippen molar-refractivity contribution >= 4 is 5.91 Å². The molecule has 0 bridgehead atoms. The van der Waals surface area contributed by atoms with E-state index < -0.39 is 0 Å². The summed E-state index contributed by atoms with van der Waals surface area (Å²) in [7, 11) is 0. The second-order valence-corrected chi connectivity index (χ2v) is 7.41. The van der Waals surface area contributed by atoms with Crippen molar-refractivity contribution in [3.8, 4) is 22.8 Å². The van der Waals surface area contributed by atoms with E-state index in [0.717, 1.165) is 37.8 Å². The highest BCUT2D eigenvalue weighted by atomic mass is 16.7. The van der Waals surface area contributed by atoms with Gasteiger partial charge < -0.3 is 14.4 Å². The number of hydrogen-bond acceptors (Lipinski definition) is 5. The molecule has 2 fully saturated rings. The Morgan fingerprint density at radius 1 is 1.11 bits per heavy atom. The summed E-state index contributed by atoms with van der Waals surface area (Å²) in [5.41, 5.74) is 1.42. The largest absolute Gasteiger partial charge is 0.454 e. The molecule has 1 aromatic carbocycles. The summed E-state index contributed by atoms with van der Waals surface area (Å²) in [6.07, 6.45) is 3.90. The lowest BCUT2D eigenvalue weighted by atomic mass is 10.1. The summed E-state index contributed by atoms with van der Waals surface area (Å²) >= 11 is 0. The van der Waals surface area contributed by atoms with Crippen LogP contribution in [0.5, 0.6) is 11.5 Å². The molecular weight excluding hydrogens is 346 g/mol. The van der Waals surface area contributed by atoms with Gasteiger partial charge in [0, 0.05) is 24.1 Å². The molecule has 5 rings (SSSR count). The number of aromatic nitrogens is 2. The molecule has 1 amide bonds. The van der Waals surface area contributed by atoms with Gasteiger partial charge in [-0.2, -0.15) is 5.10 Å². The molecule has 27 heavy (non-hydrogen) atoms. The van der Waals surface area contributed by atoms with Gasteiger partial charge in [-0.3, -0.25) is 9.59 Å². The molecule has 0 unspecified atom stereocenters. The van der Waals surface area contributed by atoms with Crippen LogP contribution in [-0.2, 0) is 11.3 Å². The molecule has 3 heterocycles. The maximum atomic E-state index is 12.5. The van der Waals surface area contributed by atoms with E-state index in [1.54, 1.807) is 6.07 Å². The summed E-state index contributed by atoms with van der Waals surface area (Å²) in [5, 5.41) is 4.56. The van der Waals surface area contributed by atoms with Crippen molar-refractivity contribution < 1.29 is 14.3 Å². The molecule has 2 aliphatic heterocycles. The highest BCUT2D eigenvalue weighted by Crippen LogP contribution is 2.35. The van der Waals surface area contributed by atoms with Gasteiger partial charge in [0.25, 0.3) is 5.56 Å². The standard InChI is InChI=1S/C20H21N3O4/c24-19-8-6-16(14-5-7-17-18(10-14)27-12-26-17)21-23(19)11-15-2-1-9-22(15)20(25)13-3-4-13/h5-8,10,13,15H,1-4,9,11-12H2/t15-/m0/s1. The second-order valence-electron chi connectivity index (χ2n) is 7.41. The lowest BCUT2D eigenvalue weighted by molar-refractivity contribution is -0.133. The van der Waals surface area contributed by atoms with Gasteiger partial charge in [0.05, 0.1) is 18.3 Å². The molecule has 1 aliphatic carbocycles. The summed E-state index contributed by atoms with van der Waals surface area (Å²) < 4.78 is 12.3. The highest BCUT2D eigenvalue weighted by molar-refractivity contribution is 5.81. The van der Waals surface area contributed by atoms with Gasteiger partial charge in [-0.25, -0.2) is 4.68 Å². The number of fused-ring (bicyclic) bond motifs is 1. The maximum Gasteiger partial charge on any atom is 0.266 e. The number of ether oxygens (including phenoxy) is 2. The third-order valence-corrected chi connectivity index (χ3v) is 5.51. The Kier molecular flexibility index (Phi) is 3.88. The molecule has 140 valence electrons. The van der Waals surface area contributed by atoms with E-state index in [4.69, 9.17) is 9.47 Å². The van der Waals surface area contributed by atoms with Crippen LogP contribution in [0, 0.1) is 5.92 Å². The molecule has 0 spiro atoms. The average Bonchev–Trinajstić information content (AvgIpc) is 3.25. The number of rotatable bonds is 4. The van der Waals surface area contributed by atoms with Gasteiger partial charge in [-0.15, -0.1) is 0 Å². The van der Waals surface area contributed by atoms with Crippen molar-refractivity contribution in [2.24, 2.45) is 5.92 Å². The zero-order valence-corrected chi connectivity index (χ0v) is 15.0. The quantitative estimate of drug-likeness (QED) is 0.827. The summed E-state index contributed by atoms with van der Waals surface area (Å²) in [4.78, 5) is 26.8. The number of likely N-dealkylation sites (tertiary alicyclic amines) is 1. The molecule has 0 N–H and O–H groups in total. The van der Waals surface area contributed by atoms with Crippen LogP contribution in [-0.4, -0.2) is 40.0 Å². The fourth-order valence-electron chi connectivity index (χ4n) is 3.87. The minimum atomic E-state index is -0.148. The lowest BCUT2D eigenvalue weighted by Crippen LogP contribution is -2.41. The number of hydrogen-bond donors (Lipinski definition) is 0. The average molecular weight is 367 g/mol. The molecule has 7 nitrogen and oxygen atoms in total. The van der Waals surface area contributed by atoms with Crippen LogP contribution in [0.15, 0.2) is 35.1 Å². The second kappa shape index (κ2) is 6.40. The van der Waals surface area contributed by atoms with Gasteiger partial charge >= 0.3 is 0 Å². The van der Waals surface area contributed by atoms with Crippen LogP contribution in [0.1, 0.15) is 25.7 Å². The molecule has 1 aromatic heterocycles. The fraction of sp³-hybridized carbons (Fsp3) is 0.450. The maximum absolute atomic E-state index is 12.5. The van der Waals surface area contributed by atoms with Crippen molar-refractivity contribution in [1.82, 2.24) is 14.7 Å². The summed E-state index contributed by atoms with van der Waals surface area (Å²) in [5.74, 6) is 1.85. The van der Waals surface area contributed by atoms with Crippen molar-refractivity contribution in [2.75, 3.05) is 13.3 Å².